The number of aryl methyl sites for hydroxylation is 1. The fourth-order valence-corrected chi connectivity index (χ4v) is 5.52. The van der Waals surface area contributed by atoms with E-state index >= 15 is 0 Å². The first-order chi connectivity index (χ1) is 14.6. The fraction of sp³-hybridized carbons (Fsp3) is 0.391. The molecule has 0 saturated carbocycles. The molecule has 158 valence electrons. The number of para-hydroxylation sites is 1. The van der Waals surface area contributed by atoms with E-state index in [0.29, 0.717) is 6.42 Å². The second-order valence-electron chi connectivity index (χ2n) is 7.51. The SMILES string of the molecule is Cc1cccc2sc(OC3CCN(C(=O)CCCSc4ccc(Cl)cc4)CC3)nc12. The molecule has 0 atom stereocenters. The highest BCUT2D eigenvalue weighted by atomic mass is 35.5. The van der Waals surface area contributed by atoms with Gasteiger partial charge in [-0.2, -0.15) is 0 Å². The molecule has 4 rings (SSSR count). The summed E-state index contributed by atoms with van der Waals surface area (Å²) in [6, 6.07) is 14.0. The number of nitrogens with zero attached hydrogens (tertiary/aromatic N) is 2. The summed E-state index contributed by atoms with van der Waals surface area (Å²) in [5, 5.41) is 1.49. The highest BCUT2D eigenvalue weighted by Gasteiger charge is 2.24. The number of carbonyl (C=O) groups excluding carboxylic acids is 1. The number of thiazole rings is 1. The van der Waals surface area contributed by atoms with Crippen LogP contribution in [0.2, 0.25) is 5.02 Å². The lowest BCUT2D eigenvalue weighted by atomic mass is 10.1. The minimum Gasteiger partial charge on any atom is -0.467 e. The molecule has 2 heterocycles. The van der Waals surface area contributed by atoms with E-state index in [1.807, 2.05) is 29.2 Å². The van der Waals surface area contributed by atoms with Gasteiger partial charge in [-0.15, -0.1) is 11.8 Å². The molecule has 30 heavy (non-hydrogen) atoms. The summed E-state index contributed by atoms with van der Waals surface area (Å²) in [4.78, 5) is 20.3. The van der Waals surface area contributed by atoms with Gasteiger partial charge in [-0.25, -0.2) is 4.98 Å². The van der Waals surface area contributed by atoms with Gasteiger partial charge in [-0.3, -0.25) is 4.79 Å². The lowest BCUT2D eigenvalue weighted by molar-refractivity contribution is -0.133. The Morgan fingerprint density at radius 1 is 1.23 bits per heavy atom. The Bertz CT molecular complexity index is 998. The molecule has 7 heteroatoms. The minimum absolute atomic E-state index is 0.135. The zero-order valence-electron chi connectivity index (χ0n) is 17.0. The maximum absolute atomic E-state index is 12.5. The van der Waals surface area contributed by atoms with E-state index in [-0.39, 0.29) is 12.0 Å². The second-order valence-corrected chi connectivity index (χ2v) is 10.1. The molecule has 4 nitrogen and oxygen atoms in total. The van der Waals surface area contributed by atoms with Crippen LogP contribution in [0.4, 0.5) is 0 Å². The van der Waals surface area contributed by atoms with Crippen LogP contribution < -0.4 is 4.74 Å². The van der Waals surface area contributed by atoms with Crippen molar-refractivity contribution in [3.8, 4) is 5.19 Å². The lowest BCUT2D eigenvalue weighted by Gasteiger charge is -2.31. The highest BCUT2D eigenvalue weighted by Crippen LogP contribution is 2.31. The number of thioether (sulfide) groups is 1. The van der Waals surface area contributed by atoms with Crippen molar-refractivity contribution in [2.24, 2.45) is 0 Å². The average Bonchev–Trinajstić information content (AvgIpc) is 3.17. The van der Waals surface area contributed by atoms with Gasteiger partial charge < -0.3 is 9.64 Å². The molecule has 2 aromatic carbocycles. The molecule has 1 saturated heterocycles. The van der Waals surface area contributed by atoms with Crippen molar-refractivity contribution in [1.82, 2.24) is 9.88 Å². The van der Waals surface area contributed by atoms with Crippen LogP contribution in [0.5, 0.6) is 5.19 Å². The molecular formula is C23H25ClN2O2S2. The number of hydrogen-bond donors (Lipinski definition) is 0. The number of fused-ring (bicyclic) bond motifs is 1. The van der Waals surface area contributed by atoms with E-state index < -0.39 is 0 Å². The fourth-order valence-electron chi connectivity index (χ4n) is 3.58. The normalized spacial score (nSPS) is 14.9. The van der Waals surface area contributed by atoms with Crippen LogP contribution in [0, 0.1) is 6.92 Å². The van der Waals surface area contributed by atoms with E-state index in [1.54, 1.807) is 23.1 Å². The zero-order chi connectivity index (χ0) is 20.9. The molecule has 0 unspecified atom stereocenters. The summed E-state index contributed by atoms with van der Waals surface area (Å²) in [7, 11) is 0. The van der Waals surface area contributed by atoms with Crippen LogP contribution in [0.15, 0.2) is 47.4 Å². The molecule has 1 aliphatic rings. The molecule has 0 bridgehead atoms. The third-order valence-electron chi connectivity index (χ3n) is 5.28. The Labute approximate surface area is 190 Å². The number of ether oxygens (including phenoxy) is 1. The number of amides is 1. The van der Waals surface area contributed by atoms with Crippen molar-refractivity contribution < 1.29 is 9.53 Å². The number of aromatic nitrogens is 1. The Kier molecular flexibility index (Phi) is 7.18. The maximum Gasteiger partial charge on any atom is 0.274 e. The van der Waals surface area contributed by atoms with E-state index in [9.17, 15) is 4.79 Å². The summed E-state index contributed by atoms with van der Waals surface area (Å²) in [5.74, 6) is 1.19. The molecule has 1 aromatic heterocycles. The van der Waals surface area contributed by atoms with Crippen molar-refractivity contribution >= 4 is 50.8 Å². The first kappa shape index (κ1) is 21.5. The molecule has 0 radical (unpaired) electrons. The molecule has 0 spiro atoms. The Morgan fingerprint density at radius 3 is 2.73 bits per heavy atom. The van der Waals surface area contributed by atoms with Gasteiger partial charge in [0.1, 0.15) is 6.10 Å². The Morgan fingerprint density at radius 2 is 2.00 bits per heavy atom. The number of piperidine rings is 1. The average molecular weight is 461 g/mol. The molecule has 0 N–H and O–H groups in total. The quantitative estimate of drug-likeness (QED) is 0.311. The number of carbonyl (C=O) groups is 1. The standard InChI is InChI=1S/C23H25ClN2O2S2/c1-16-4-2-5-20-22(16)25-23(30-20)28-18-11-13-26(14-12-18)21(27)6-3-15-29-19-9-7-17(24)8-10-19/h2,4-5,7-10,18H,3,6,11-15H2,1H3. The van der Waals surface area contributed by atoms with Crippen molar-refractivity contribution in [1.29, 1.82) is 0 Å². The van der Waals surface area contributed by atoms with Gasteiger partial charge in [0.25, 0.3) is 5.19 Å². The minimum atomic E-state index is 0.135. The third-order valence-corrected chi connectivity index (χ3v) is 7.54. The molecule has 0 aliphatic carbocycles. The van der Waals surface area contributed by atoms with Gasteiger partial charge in [-0.1, -0.05) is 35.1 Å². The first-order valence-corrected chi connectivity index (χ1v) is 12.5. The predicted octanol–water partition coefficient (Wildman–Crippen LogP) is 6.20. The number of benzene rings is 2. The molecule has 1 fully saturated rings. The van der Waals surface area contributed by atoms with Gasteiger partial charge in [0, 0.05) is 42.3 Å². The van der Waals surface area contributed by atoms with E-state index in [4.69, 9.17) is 16.3 Å². The van der Waals surface area contributed by atoms with E-state index in [0.717, 1.165) is 58.5 Å². The topological polar surface area (TPSA) is 42.4 Å². The first-order valence-electron chi connectivity index (χ1n) is 10.3. The smallest absolute Gasteiger partial charge is 0.274 e. The molecule has 1 aliphatic heterocycles. The van der Waals surface area contributed by atoms with Crippen molar-refractivity contribution in [3.63, 3.8) is 0 Å². The van der Waals surface area contributed by atoms with Gasteiger partial charge in [0.05, 0.1) is 10.2 Å². The summed E-state index contributed by atoms with van der Waals surface area (Å²) in [6.07, 6.45) is 3.34. The Balaban J connectivity index is 1.18. The summed E-state index contributed by atoms with van der Waals surface area (Å²) < 4.78 is 7.30. The van der Waals surface area contributed by atoms with Gasteiger partial charge >= 0.3 is 0 Å². The summed E-state index contributed by atoms with van der Waals surface area (Å²) in [6.45, 7) is 3.60. The van der Waals surface area contributed by atoms with Gasteiger partial charge in [0.15, 0.2) is 0 Å². The molecular weight excluding hydrogens is 436 g/mol. The van der Waals surface area contributed by atoms with E-state index in [2.05, 4.69) is 30.1 Å². The van der Waals surface area contributed by atoms with Crippen molar-refractivity contribution in [3.05, 3.63) is 53.1 Å². The summed E-state index contributed by atoms with van der Waals surface area (Å²) in [5.41, 5.74) is 2.20. The van der Waals surface area contributed by atoms with E-state index in [1.165, 1.54) is 10.5 Å². The lowest BCUT2D eigenvalue weighted by Crippen LogP contribution is -2.41. The van der Waals surface area contributed by atoms with Crippen LogP contribution in [0.25, 0.3) is 10.2 Å². The molecule has 1 amide bonds. The van der Waals surface area contributed by atoms with Crippen LogP contribution in [-0.4, -0.2) is 40.7 Å². The largest absolute Gasteiger partial charge is 0.467 e. The van der Waals surface area contributed by atoms with Crippen molar-refractivity contribution in [2.45, 2.75) is 43.6 Å². The Hall–Kier alpha value is -1.76. The number of likely N-dealkylation sites (tertiary alicyclic amines) is 1. The highest BCUT2D eigenvalue weighted by molar-refractivity contribution is 7.99. The zero-order valence-corrected chi connectivity index (χ0v) is 19.4. The number of hydrogen-bond acceptors (Lipinski definition) is 5. The van der Waals surface area contributed by atoms with Crippen LogP contribution in [-0.2, 0) is 4.79 Å². The summed E-state index contributed by atoms with van der Waals surface area (Å²) >= 11 is 9.28. The van der Waals surface area contributed by atoms with Gasteiger partial charge in [0.2, 0.25) is 5.91 Å². The third kappa shape index (κ3) is 5.48. The maximum atomic E-state index is 12.5. The monoisotopic (exact) mass is 460 g/mol. The van der Waals surface area contributed by atoms with Crippen LogP contribution in [0.3, 0.4) is 0 Å². The molecule has 3 aromatic rings. The van der Waals surface area contributed by atoms with Crippen molar-refractivity contribution in [2.75, 3.05) is 18.8 Å². The second kappa shape index (κ2) is 10.0. The van der Waals surface area contributed by atoms with Crippen LogP contribution >= 0.6 is 34.7 Å². The number of rotatable bonds is 7. The predicted molar refractivity (Wildman–Crippen MR) is 126 cm³/mol. The number of halogens is 1. The van der Waals surface area contributed by atoms with Crippen LogP contribution in [0.1, 0.15) is 31.2 Å². The van der Waals surface area contributed by atoms with Gasteiger partial charge in [-0.05, 0) is 55.0 Å².